The number of carbonyl (C=O) groups is 2. The van der Waals surface area contributed by atoms with Crippen molar-refractivity contribution in [2.24, 2.45) is 0 Å². The highest BCUT2D eigenvalue weighted by Crippen LogP contribution is 2.39. The second kappa shape index (κ2) is 13.6. The maximum atomic E-state index is 12.9. The Bertz CT molecular complexity index is 1120. The number of nitrogens with zero attached hydrogens (tertiary/aromatic N) is 1. The second-order valence-electron chi connectivity index (χ2n) is 11.5. The average molecular weight is 554 g/mol. The lowest BCUT2D eigenvalue weighted by Crippen LogP contribution is -2.45. The molecule has 9 nitrogen and oxygen atoms in total. The first-order valence-corrected chi connectivity index (χ1v) is 14.2. The predicted molar refractivity (Wildman–Crippen MR) is 151 cm³/mol. The Hall–Kier alpha value is -2.98. The van der Waals surface area contributed by atoms with E-state index in [0.717, 1.165) is 41.6 Å². The number of ether oxygens (including phenoxy) is 3. The molecule has 2 saturated heterocycles. The van der Waals surface area contributed by atoms with Gasteiger partial charge in [-0.15, -0.1) is 0 Å². The summed E-state index contributed by atoms with van der Waals surface area (Å²) in [6, 6.07) is 15.2. The fraction of sp³-hybridized carbons (Fsp3) is 0.548. The Balaban J connectivity index is 1.49. The van der Waals surface area contributed by atoms with Crippen molar-refractivity contribution in [3.05, 3.63) is 70.8 Å². The van der Waals surface area contributed by atoms with Gasteiger partial charge in [0, 0.05) is 31.6 Å². The molecule has 2 aromatic rings. The summed E-state index contributed by atoms with van der Waals surface area (Å²) in [4.78, 5) is 26.9. The average Bonchev–Trinajstić information content (AvgIpc) is 3.39. The molecule has 2 amide bonds. The number of esters is 1. The Kier molecular flexibility index (Phi) is 10.2. The summed E-state index contributed by atoms with van der Waals surface area (Å²) in [7, 11) is 0. The fourth-order valence-corrected chi connectivity index (χ4v) is 5.17. The molecule has 0 spiro atoms. The van der Waals surface area contributed by atoms with E-state index in [4.69, 9.17) is 14.2 Å². The van der Waals surface area contributed by atoms with Gasteiger partial charge in [0.2, 0.25) is 0 Å². The standard InChI is InChI=1S/C31H43N3O6/c1-5-32-30(37)33-18-21-8-14-24(15-9-21)29-38-25(17-27(39-29)23-12-10-22(20-35)11-13-23)19-34-16-6-7-26(34)28(36)40-31(2,3)4/h8-15,25-27,29,35H,5-7,16-20H2,1-4H3,(H2,32,33,37)/t25-,26-,27+,29+/m0/s1. The fourth-order valence-electron chi connectivity index (χ4n) is 5.17. The number of hydrogen-bond donors (Lipinski definition) is 3. The second-order valence-corrected chi connectivity index (χ2v) is 11.5. The van der Waals surface area contributed by atoms with Crippen LogP contribution in [-0.4, -0.2) is 59.4 Å². The van der Waals surface area contributed by atoms with Crippen LogP contribution >= 0.6 is 0 Å². The van der Waals surface area contributed by atoms with Crippen molar-refractivity contribution in [1.82, 2.24) is 15.5 Å². The third-order valence-electron chi connectivity index (χ3n) is 7.14. The first-order chi connectivity index (χ1) is 19.1. The van der Waals surface area contributed by atoms with E-state index in [-0.39, 0.29) is 36.9 Å². The molecule has 0 saturated carbocycles. The number of aliphatic hydroxyl groups excluding tert-OH is 1. The first-order valence-electron chi connectivity index (χ1n) is 14.2. The van der Waals surface area contributed by atoms with Crippen molar-refractivity contribution in [3.63, 3.8) is 0 Å². The van der Waals surface area contributed by atoms with Crippen molar-refractivity contribution in [2.75, 3.05) is 19.6 Å². The summed E-state index contributed by atoms with van der Waals surface area (Å²) in [6.07, 6.45) is 1.39. The lowest BCUT2D eigenvalue weighted by Gasteiger charge is -2.38. The molecule has 0 radical (unpaired) electrons. The van der Waals surface area contributed by atoms with Crippen LogP contribution in [0.2, 0.25) is 0 Å². The van der Waals surface area contributed by atoms with Gasteiger partial charge in [0.15, 0.2) is 6.29 Å². The number of urea groups is 1. The zero-order valence-corrected chi connectivity index (χ0v) is 24.0. The number of rotatable bonds is 9. The van der Waals surface area contributed by atoms with Gasteiger partial charge in [0.25, 0.3) is 0 Å². The summed E-state index contributed by atoms with van der Waals surface area (Å²) in [5, 5.41) is 15.0. The van der Waals surface area contributed by atoms with E-state index in [1.807, 2.05) is 76.2 Å². The van der Waals surface area contributed by atoms with E-state index in [2.05, 4.69) is 15.5 Å². The van der Waals surface area contributed by atoms with Gasteiger partial charge in [-0.25, -0.2) is 4.79 Å². The number of amides is 2. The Morgan fingerprint density at radius 1 is 1.00 bits per heavy atom. The Morgan fingerprint density at radius 2 is 1.68 bits per heavy atom. The zero-order valence-electron chi connectivity index (χ0n) is 24.0. The quantitative estimate of drug-likeness (QED) is 0.396. The molecule has 2 aliphatic rings. The lowest BCUT2D eigenvalue weighted by molar-refractivity contribution is -0.253. The minimum atomic E-state index is -0.589. The van der Waals surface area contributed by atoms with E-state index >= 15 is 0 Å². The molecule has 0 aliphatic carbocycles. The number of aliphatic hydroxyl groups is 1. The normalized spacial score (nSPS) is 23.5. The minimum absolute atomic E-state index is 0.0114. The lowest BCUT2D eigenvalue weighted by atomic mass is 9.99. The van der Waals surface area contributed by atoms with E-state index < -0.39 is 11.9 Å². The van der Waals surface area contributed by atoms with Crippen LogP contribution in [0.15, 0.2) is 48.5 Å². The van der Waals surface area contributed by atoms with Gasteiger partial charge in [0.05, 0.1) is 18.8 Å². The molecule has 218 valence electrons. The van der Waals surface area contributed by atoms with Crippen LogP contribution in [0.5, 0.6) is 0 Å². The van der Waals surface area contributed by atoms with Crippen LogP contribution in [0.3, 0.4) is 0 Å². The van der Waals surface area contributed by atoms with Crippen molar-refractivity contribution in [2.45, 2.75) is 90.2 Å². The van der Waals surface area contributed by atoms with E-state index in [0.29, 0.717) is 26.1 Å². The summed E-state index contributed by atoms with van der Waals surface area (Å²) in [5.74, 6) is -0.179. The molecule has 2 fully saturated rings. The van der Waals surface area contributed by atoms with Crippen molar-refractivity contribution in [1.29, 1.82) is 0 Å². The minimum Gasteiger partial charge on any atom is -0.459 e. The van der Waals surface area contributed by atoms with Crippen LogP contribution < -0.4 is 10.6 Å². The topological polar surface area (TPSA) is 109 Å². The molecule has 4 atom stereocenters. The molecule has 40 heavy (non-hydrogen) atoms. The van der Waals surface area contributed by atoms with Crippen LogP contribution in [-0.2, 0) is 32.2 Å². The molecular weight excluding hydrogens is 510 g/mol. The van der Waals surface area contributed by atoms with Gasteiger partial charge in [-0.2, -0.15) is 0 Å². The molecule has 9 heteroatoms. The molecule has 0 bridgehead atoms. The third kappa shape index (κ3) is 8.27. The Morgan fingerprint density at radius 3 is 2.33 bits per heavy atom. The number of carbonyl (C=O) groups excluding carboxylic acids is 2. The van der Waals surface area contributed by atoms with E-state index in [9.17, 15) is 14.7 Å². The van der Waals surface area contributed by atoms with Crippen LogP contribution in [0.4, 0.5) is 4.79 Å². The van der Waals surface area contributed by atoms with Gasteiger partial charge in [-0.1, -0.05) is 48.5 Å². The molecule has 4 rings (SSSR count). The number of likely N-dealkylation sites (tertiary alicyclic amines) is 1. The molecule has 0 aromatic heterocycles. The maximum absolute atomic E-state index is 12.9. The van der Waals surface area contributed by atoms with Gasteiger partial charge in [-0.05, 0) is 63.8 Å². The van der Waals surface area contributed by atoms with Gasteiger partial charge in [-0.3, -0.25) is 9.69 Å². The smallest absolute Gasteiger partial charge is 0.323 e. The third-order valence-corrected chi connectivity index (χ3v) is 7.14. The van der Waals surface area contributed by atoms with Crippen LogP contribution in [0.1, 0.15) is 81.6 Å². The highest BCUT2D eigenvalue weighted by Gasteiger charge is 2.38. The van der Waals surface area contributed by atoms with Crippen molar-refractivity contribution < 1.29 is 28.9 Å². The molecule has 3 N–H and O–H groups in total. The molecule has 2 aromatic carbocycles. The number of hydrogen-bond acceptors (Lipinski definition) is 7. The highest BCUT2D eigenvalue weighted by atomic mass is 16.7. The summed E-state index contributed by atoms with van der Waals surface area (Å²) < 4.78 is 18.7. The molecule has 2 heterocycles. The highest BCUT2D eigenvalue weighted by molar-refractivity contribution is 5.76. The van der Waals surface area contributed by atoms with Crippen molar-refractivity contribution in [3.8, 4) is 0 Å². The van der Waals surface area contributed by atoms with Gasteiger partial charge < -0.3 is 30.0 Å². The molecule has 0 unspecified atom stereocenters. The SMILES string of the molecule is CCNC(=O)NCc1ccc([C@@H]2O[C@H](CN3CCC[C@H]3C(=O)OC(C)(C)C)C[C@H](c3ccc(CO)cc3)O2)cc1. The number of benzene rings is 2. The van der Waals surface area contributed by atoms with Gasteiger partial charge in [0.1, 0.15) is 11.6 Å². The molecular formula is C31H43N3O6. The van der Waals surface area contributed by atoms with Crippen molar-refractivity contribution >= 4 is 12.0 Å². The summed E-state index contributed by atoms with van der Waals surface area (Å²) in [5.41, 5.74) is 3.18. The number of nitrogens with one attached hydrogen (secondary N) is 2. The van der Waals surface area contributed by atoms with E-state index in [1.165, 1.54) is 0 Å². The largest absolute Gasteiger partial charge is 0.459 e. The predicted octanol–water partition coefficient (Wildman–Crippen LogP) is 4.35. The summed E-state index contributed by atoms with van der Waals surface area (Å²) >= 11 is 0. The monoisotopic (exact) mass is 553 g/mol. The zero-order chi connectivity index (χ0) is 28.7. The van der Waals surface area contributed by atoms with Crippen LogP contribution in [0.25, 0.3) is 0 Å². The molecule has 2 aliphatic heterocycles. The maximum Gasteiger partial charge on any atom is 0.323 e. The van der Waals surface area contributed by atoms with Crippen LogP contribution in [0, 0.1) is 0 Å². The summed E-state index contributed by atoms with van der Waals surface area (Å²) in [6.45, 7) is 9.95. The van der Waals surface area contributed by atoms with E-state index in [1.54, 1.807) is 0 Å². The van der Waals surface area contributed by atoms with Gasteiger partial charge >= 0.3 is 12.0 Å². The Labute approximate surface area is 237 Å². The first kappa shape index (κ1) is 30.0.